The van der Waals surface area contributed by atoms with Crippen molar-refractivity contribution in [1.82, 2.24) is 9.88 Å². The number of rotatable bonds is 2. The third-order valence-corrected chi connectivity index (χ3v) is 8.11. The number of benzene rings is 1. The number of hydrogen-bond acceptors (Lipinski definition) is 1. The van der Waals surface area contributed by atoms with Gasteiger partial charge in [-0.15, -0.1) is 0 Å². The van der Waals surface area contributed by atoms with E-state index < -0.39 is 0 Å². The summed E-state index contributed by atoms with van der Waals surface area (Å²) in [6.45, 7) is 6.63. The molecule has 2 nitrogen and oxygen atoms in total. The summed E-state index contributed by atoms with van der Waals surface area (Å²) in [5.41, 5.74) is 8.49. The first-order valence-corrected chi connectivity index (χ1v) is 11.1. The summed E-state index contributed by atoms with van der Waals surface area (Å²) >= 11 is 0. The predicted octanol–water partition coefficient (Wildman–Crippen LogP) is 4.88. The molecule has 0 radical (unpaired) electrons. The third kappa shape index (κ3) is 2.41. The summed E-state index contributed by atoms with van der Waals surface area (Å²) in [5.74, 6) is 1.89. The fraction of sp³-hybridized carbons (Fsp3) is 0.667. The number of fused-ring (bicyclic) bond motifs is 6. The average Bonchev–Trinajstić information content (AvgIpc) is 3.38. The lowest BCUT2D eigenvalue weighted by molar-refractivity contribution is 0.0311. The lowest BCUT2D eigenvalue weighted by atomic mass is 9.63. The van der Waals surface area contributed by atoms with Crippen LogP contribution in [-0.4, -0.2) is 29.5 Å². The zero-order valence-corrected chi connectivity index (χ0v) is 16.2. The van der Waals surface area contributed by atoms with Crippen LogP contribution in [0, 0.1) is 17.3 Å². The van der Waals surface area contributed by atoms with Crippen molar-refractivity contribution < 1.29 is 0 Å². The first-order valence-electron chi connectivity index (χ1n) is 11.1. The number of likely N-dealkylation sites (tertiary alicyclic amines) is 1. The van der Waals surface area contributed by atoms with E-state index in [0.29, 0.717) is 5.41 Å². The maximum atomic E-state index is 3.93. The molecule has 1 aliphatic heterocycles. The maximum absolute atomic E-state index is 3.93. The van der Waals surface area contributed by atoms with Crippen LogP contribution >= 0.6 is 0 Å². The molecule has 2 heterocycles. The van der Waals surface area contributed by atoms with Crippen molar-refractivity contribution in [2.75, 3.05) is 19.6 Å². The summed E-state index contributed by atoms with van der Waals surface area (Å²) in [6, 6.07) is 4.89. The fourth-order valence-corrected chi connectivity index (χ4v) is 6.41. The minimum Gasteiger partial charge on any atom is -0.358 e. The van der Waals surface area contributed by atoms with Crippen molar-refractivity contribution in [2.24, 2.45) is 17.3 Å². The Balaban J connectivity index is 1.37. The monoisotopic (exact) mass is 348 g/mol. The number of piperidine rings is 1. The summed E-state index contributed by atoms with van der Waals surface area (Å²) in [6.07, 6.45) is 12.2. The summed E-state index contributed by atoms with van der Waals surface area (Å²) < 4.78 is 0. The van der Waals surface area contributed by atoms with E-state index in [1.165, 1.54) is 82.9 Å². The van der Waals surface area contributed by atoms with Gasteiger partial charge in [0.25, 0.3) is 0 Å². The quantitative estimate of drug-likeness (QED) is 0.819. The van der Waals surface area contributed by atoms with E-state index >= 15 is 0 Å². The van der Waals surface area contributed by atoms with E-state index in [-0.39, 0.29) is 0 Å². The minimum absolute atomic E-state index is 0.477. The molecule has 1 aromatic heterocycles. The van der Waals surface area contributed by atoms with Gasteiger partial charge in [-0.3, -0.25) is 0 Å². The van der Waals surface area contributed by atoms with Gasteiger partial charge in [0.1, 0.15) is 0 Å². The lowest BCUT2D eigenvalue weighted by Crippen LogP contribution is -2.51. The molecular formula is C24H32N2. The molecule has 4 aliphatic rings. The Hall–Kier alpha value is -1.28. The lowest BCUT2D eigenvalue weighted by Gasteiger charge is -2.49. The second-order valence-electron chi connectivity index (χ2n) is 10.1. The van der Waals surface area contributed by atoms with Crippen LogP contribution in [0.3, 0.4) is 0 Å². The largest absolute Gasteiger partial charge is 0.358 e. The molecule has 2 fully saturated rings. The van der Waals surface area contributed by atoms with Gasteiger partial charge in [0.2, 0.25) is 0 Å². The Morgan fingerprint density at radius 1 is 1.12 bits per heavy atom. The predicted molar refractivity (Wildman–Crippen MR) is 108 cm³/mol. The number of nitrogens with zero attached hydrogens (tertiary/aromatic N) is 1. The topological polar surface area (TPSA) is 19.0 Å². The smallest absolute Gasteiger partial charge is 0.0494 e. The Morgan fingerprint density at radius 2 is 2.00 bits per heavy atom. The molecule has 3 aliphatic carbocycles. The van der Waals surface area contributed by atoms with Gasteiger partial charge in [-0.1, -0.05) is 19.1 Å². The zero-order valence-electron chi connectivity index (χ0n) is 16.2. The van der Waals surface area contributed by atoms with Crippen LogP contribution < -0.4 is 0 Å². The van der Waals surface area contributed by atoms with Crippen LogP contribution in [0.1, 0.15) is 61.4 Å². The van der Waals surface area contributed by atoms with Gasteiger partial charge in [0.15, 0.2) is 0 Å². The molecule has 138 valence electrons. The van der Waals surface area contributed by atoms with Gasteiger partial charge in [0, 0.05) is 29.7 Å². The zero-order chi connectivity index (χ0) is 17.3. The highest BCUT2D eigenvalue weighted by Crippen LogP contribution is 2.48. The van der Waals surface area contributed by atoms with E-state index in [1.54, 1.807) is 27.8 Å². The van der Waals surface area contributed by atoms with Gasteiger partial charge in [-0.05, 0) is 98.3 Å². The van der Waals surface area contributed by atoms with E-state index in [1.807, 2.05) is 0 Å². The van der Waals surface area contributed by atoms with Gasteiger partial charge >= 0.3 is 0 Å². The summed E-state index contributed by atoms with van der Waals surface area (Å²) in [4.78, 5) is 6.74. The van der Waals surface area contributed by atoms with Crippen molar-refractivity contribution in [2.45, 2.75) is 64.7 Å². The number of H-pyrrole nitrogens is 1. The Kier molecular flexibility index (Phi) is 3.40. The summed E-state index contributed by atoms with van der Waals surface area (Å²) in [5, 5.41) is 1.56. The number of aromatic amines is 1. The minimum atomic E-state index is 0.477. The van der Waals surface area contributed by atoms with Crippen molar-refractivity contribution in [3.8, 4) is 0 Å². The molecular weight excluding hydrogens is 316 g/mol. The molecule has 0 bridgehead atoms. The van der Waals surface area contributed by atoms with Crippen molar-refractivity contribution in [3.63, 3.8) is 0 Å². The molecule has 6 rings (SSSR count). The highest BCUT2D eigenvalue weighted by atomic mass is 15.1. The van der Waals surface area contributed by atoms with Gasteiger partial charge < -0.3 is 9.88 Å². The van der Waals surface area contributed by atoms with Crippen LogP contribution in [0.4, 0.5) is 0 Å². The Bertz CT molecular complexity index is 859. The van der Waals surface area contributed by atoms with Crippen LogP contribution in [0.2, 0.25) is 0 Å². The number of aryl methyl sites for hydroxylation is 2. The standard InChI is InChI=1S/C24H32N2/c1-24-13-21-20-9-8-17-4-2-3-5-19(17)23(20)25-22(21)12-18(24)10-11-26(15-24)14-16-6-7-16/h8-9,16,18,25H,2-7,10-15H2,1H3. The molecule has 1 saturated heterocycles. The molecule has 0 amide bonds. The Morgan fingerprint density at radius 3 is 2.88 bits per heavy atom. The molecule has 2 aromatic rings. The molecule has 0 spiro atoms. The van der Waals surface area contributed by atoms with E-state index in [9.17, 15) is 0 Å². The van der Waals surface area contributed by atoms with Crippen molar-refractivity contribution in [1.29, 1.82) is 0 Å². The van der Waals surface area contributed by atoms with Crippen molar-refractivity contribution in [3.05, 3.63) is 34.5 Å². The molecule has 1 N–H and O–H groups in total. The van der Waals surface area contributed by atoms with Crippen LogP contribution in [0.25, 0.3) is 10.9 Å². The van der Waals surface area contributed by atoms with Crippen LogP contribution in [0.5, 0.6) is 0 Å². The van der Waals surface area contributed by atoms with Crippen molar-refractivity contribution >= 4 is 10.9 Å². The molecule has 1 aromatic carbocycles. The first kappa shape index (κ1) is 15.7. The van der Waals surface area contributed by atoms with E-state index in [2.05, 4.69) is 28.9 Å². The molecule has 1 saturated carbocycles. The number of nitrogens with one attached hydrogen (secondary N) is 1. The number of aromatic nitrogens is 1. The third-order valence-electron chi connectivity index (χ3n) is 8.11. The van der Waals surface area contributed by atoms with Gasteiger partial charge in [-0.2, -0.15) is 0 Å². The first-order chi connectivity index (χ1) is 12.7. The highest BCUT2D eigenvalue weighted by molar-refractivity contribution is 5.89. The highest BCUT2D eigenvalue weighted by Gasteiger charge is 2.44. The Labute approximate surface area is 157 Å². The molecule has 26 heavy (non-hydrogen) atoms. The SMILES string of the molecule is CC12Cc3c([nH]c4c5c(ccc34)CCCC5)CC1CCN(CC1CC1)C2. The second-order valence-corrected chi connectivity index (χ2v) is 10.1. The molecule has 2 atom stereocenters. The van der Waals surface area contributed by atoms with E-state index in [4.69, 9.17) is 0 Å². The normalized spacial score (nSPS) is 31.5. The molecule has 2 heteroatoms. The van der Waals surface area contributed by atoms with Crippen LogP contribution in [-0.2, 0) is 25.7 Å². The maximum Gasteiger partial charge on any atom is 0.0494 e. The van der Waals surface area contributed by atoms with E-state index in [0.717, 1.165) is 11.8 Å². The van der Waals surface area contributed by atoms with Gasteiger partial charge in [0.05, 0.1) is 0 Å². The summed E-state index contributed by atoms with van der Waals surface area (Å²) in [7, 11) is 0. The van der Waals surface area contributed by atoms with Crippen LogP contribution in [0.15, 0.2) is 12.1 Å². The van der Waals surface area contributed by atoms with Gasteiger partial charge in [-0.25, -0.2) is 0 Å². The molecule has 2 unspecified atom stereocenters. The fourth-order valence-electron chi connectivity index (χ4n) is 6.41. The number of hydrogen-bond donors (Lipinski definition) is 1. The average molecular weight is 349 g/mol. The second kappa shape index (κ2) is 5.61.